The van der Waals surface area contributed by atoms with E-state index in [-0.39, 0.29) is 25.0 Å². The third-order valence-electron chi connectivity index (χ3n) is 3.60. The monoisotopic (exact) mass is 394 g/mol. The molecule has 0 aromatic heterocycles. The van der Waals surface area contributed by atoms with Crippen molar-refractivity contribution in [3.05, 3.63) is 47.8 Å². The molecule has 28 heavy (non-hydrogen) atoms. The molecule has 152 valence electrons. The number of ether oxygens (including phenoxy) is 1. The minimum absolute atomic E-state index is 0.150. The van der Waals surface area contributed by atoms with Gasteiger partial charge in [0.2, 0.25) is 11.8 Å². The summed E-state index contributed by atoms with van der Waals surface area (Å²) in [5, 5.41) is 14.0. The minimum Gasteiger partial charge on any atom is -0.480 e. The predicted octanol–water partition coefficient (Wildman–Crippen LogP) is 0.952. The molecular weight excluding hydrogens is 371 g/mol. The van der Waals surface area contributed by atoms with Crippen LogP contribution >= 0.6 is 0 Å². The number of nitrogens with one attached hydrogen (secondary N) is 2. The van der Waals surface area contributed by atoms with Gasteiger partial charge < -0.3 is 20.5 Å². The molecule has 1 aromatic carbocycles. The van der Waals surface area contributed by atoms with Gasteiger partial charge in [-0.3, -0.25) is 9.59 Å². The molecule has 8 nitrogen and oxygen atoms in total. The maximum absolute atomic E-state index is 13.9. The molecule has 0 aliphatic rings. The molecule has 0 saturated heterocycles. The molecule has 0 unspecified atom stereocenters. The summed E-state index contributed by atoms with van der Waals surface area (Å²) in [5.41, 5.74) is 0.200. The van der Waals surface area contributed by atoms with Crippen molar-refractivity contribution in [2.45, 2.75) is 38.8 Å². The summed E-state index contributed by atoms with van der Waals surface area (Å²) >= 11 is 0. The number of benzene rings is 1. The molecular formula is C19H23FN2O6. The zero-order chi connectivity index (χ0) is 21.1. The average Bonchev–Trinajstić information content (AvgIpc) is 2.61. The van der Waals surface area contributed by atoms with Gasteiger partial charge in [-0.15, -0.1) is 0 Å². The molecule has 3 N–H and O–H groups in total. The second kappa shape index (κ2) is 11.5. The van der Waals surface area contributed by atoms with E-state index in [1.54, 1.807) is 13.0 Å². The fourth-order valence-electron chi connectivity index (χ4n) is 2.32. The summed E-state index contributed by atoms with van der Waals surface area (Å²) in [6.07, 6.45) is 2.01. The van der Waals surface area contributed by atoms with Crippen LogP contribution in [0.3, 0.4) is 0 Å². The van der Waals surface area contributed by atoms with E-state index in [4.69, 9.17) is 0 Å². The Hall–Kier alpha value is -3.23. The van der Waals surface area contributed by atoms with E-state index in [9.17, 15) is 28.7 Å². The quantitative estimate of drug-likeness (QED) is 0.401. The van der Waals surface area contributed by atoms with E-state index in [0.717, 1.165) is 6.08 Å². The van der Waals surface area contributed by atoms with Gasteiger partial charge in [-0.05, 0) is 25.0 Å². The molecule has 0 bridgehead atoms. The maximum atomic E-state index is 13.9. The number of amides is 2. The van der Waals surface area contributed by atoms with Crippen LogP contribution in [0.25, 0.3) is 0 Å². The Morgan fingerprint density at radius 1 is 1.18 bits per heavy atom. The molecule has 1 aromatic rings. The van der Waals surface area contributed by atoms with Crippen LogP contribution in [0.2, 0.25) is 0 Å². The maximum Gasteiger partial charge on any atom is 0.330 e. The van der Waals surface area contributed by atoms with Gasteiger partial charge in [0.25, 0.3) is 0 Å². The van der Waals surface area contributed by atoms with Crippen molar-refractivity contribution in [1.82, 2.24) is 10.6 Å². The van der Waals surface area contributed by atoms with Crippen molar-refractivity contribution in [2.24, 2.45) is 0 Å². The lowest BCUT2D eigenvalue weighted by molar-refractivity contribution is -0.142. The molecule has 0 heterocycles. The van der Waals surface area contributed by atoms with E-state index in [2.05, 4.69) is 15.4 Å². The van der Waals surface area contributed by atoms with Crippen molar-refractivity contribution >= 4 is 23.8 Å². The number of carboxylic acids is 1. The highest BCUT2D eigenvalue weighted by Gasteiger charge is 2.26. The van der Waals surface area contributed by atoms with Crippen molar-refractivity contribution in [3.63, 3.8) is 0 Å². The molecule has 0 aliphatic carbocycles. The van der Waals surface area contributed by atoms with Crippen molar-refractivity contribution in [3.8, 4) is 0 Å². The molecule has 2 amide bonds. The number of carbonyl (C=O) groups is 4. The lowest BCUT2D eigenvalue weighted by atomic mass is 10.0. The second-order valence-corrected chi connectivity index (χ2v) is 5.84. The highest BCUT2D eigenvalue weighted by molar-refractivity contribution is 5.90. The zero-order valence-electron chi connectivity index (χ0n) is 15.6. The smallest absolute Gasteiger partial charge is 0.330 e. The lowest BCUT2D eigenvalue weighted by Crippen LogP contribution is -2.52. The van der Waals surface area contributed by atoms with Gasteiger partial charge in [0.15, 0.2) is 0 Å². The summed E-state index contributed by atoms with van der Waals surface area (Å²) in [5.74, 6) is -3.80. The summed E-state index contributed by atoms with van der Waals surface area (Å²) in [4.78, 5) is 46.5. The van der Waals surface area contributed by atoms with E-state index >= 15 is 0 Å². The molecule has 0 aliphatic heterocycles. The SMILES string of the molecule is CCOC(=O)/C=C/C[C@@H](NC(=O)[C@H](Cc1ccccc1F)NC(C)=O)C(=O)O. The molecule has 2 atom stereocenters. The fraction of sp³-hybridized carbons (Fsp3) is 0.368. The van der Waals surface area contributed by atoms with Gasteiger partial charge >= 0.3 is 11.9 Å². The highest BCUT2D eigenvalue weighted by atomic mass is 19.1. The van der Waals surface area contributed by atoms with Gasteiger partial charge in [0.1, 0.15) is 17.9 Å². The Bertz CT molecular complexity index is 750. The highest BCUT2D eigenvalue weighted by Crippen LogP contribution is 2.10. The van der Waals surface area contributed by atoms with Crippen LogP contribution in [0, 0.1) is 5.82 Å². The van der Waals surface area contributed by atoms with Crippen LogP contribution in [-0.2, 0) is 30.3 Å². The van der Waals surface area contributed by atoms with Gasteiger partial charge in [-0.2, -0.15) is 0 Å². The number of carbonyl (C=O) groups excluding carboxylic acids is 3. The zero-order valence-corrected chi connectivity index (χ0v) is 15.6. The topological polar surface area (TPSA) is 122 Å². The van der Waals surface area contributed by atoms with Crippen molar-refractivity contribution in [2.75, 3.05) is 6.61 Å². The number of esters is 1. The van der Waals surface area contributed by atoms with Crippen LogP contribution in [-0.4, -0.2) is 47.6 Å². The Morgan fingerprint density at radius 3 is 2.43 bits per heavy atom. The fourth-order valence-corrected chi connectivity index (χ4v) is 2.32. The largest absolute Gasteiger partial charge is 0.480 e. The van der Waals surface area contributed by atoms with Crippen LogP contribution < -0.4 is 10.6 Å². The summed E-state index contributed by atoms with van der Waals surface area (Å²) in [6, 6.07) is 3.26. The van der Waals surface area contributed by atoms with Gasteiger partial charge in [0.05, 0.1) is 6.61 Å². The first-order chi connectivity index (χ1) is 13.2. The van der Waals surface area contributed by atoms with E-state index in [1.807, 2.05) is 0 Å². The Balaban J connectivity index is 2.84. The Labute approximate surface area is 161 Å². The Kier molecular flexibility index (Phi) is 9.35. The third-order valence-corrected chi connectivity index (χ3v) is 3.60. The molecule has 9 heteroatoms. The standard InChI is InChI=1S/C19H23FN2O6/c1-3-28-17(24)10-6-9-15(19(26)27)22-18(25)16(21-12(2)23)11-13-7-4-5-8-14(13)20/h4-8,10,15-16H,3,9,11H2,1-2H3,(H,21,23)(H,22,25)(H,26,27)/b10-6+/t15-,16+/m1/s1. The number of halogens is 1. The first-order valence-corrected chi connectivity index (χ1v) is 8.61. The van der Waals surface area contributed by atoms with Gasteiger partial charge in [-0.25, -0.2) is 14.0 Å². The first-order valence-electron chi connectivity index (χ1n) is 8.61. The summed E-state index contributed by atoms with van der Waals surface area (Å²) in [6.45, 7) is 3.00. The minimum atomic E-state index is -1.34. The van der Waals surface area contributed by atoms with Gasteiger partial charge in [-0.1, -0.05) is 24.3 Å². The van der Waals surface area contributed by atoms with Gasteiger partial charge in [0, 0.05) is 19.4 Å². The van der Waals surface area contributed by atoms with Crippen LogP contribution in [0.1, 0.15) is 25.8 Å². The normalized spacial score (nSPS) is 12.8. The number of aliphatic carboxylic acids is 1. The summed E-state index contributed by atoms with van der Waals surface area (Å²) in [7, 11) is 0. The number of rotatable bonds is 10. The second-order valence-electron chi connectivity index (χ2n) is 5.84. The predicted molar refractivity (Wildman–Crippen MR) is 97.7 cm³/mol. The summed E-state index contributed by atoms with van der Waals surface area (Å²) < 4.78 is 18.5. The van der Waals surface area contributed by atoms with Crippen LogP contribution in [0.15, 0.2) is 36.4 Å². The van der Waals surface area contributed by atoms with Crippen molar-refractivity contribution in [1.29, 1.82) is 0 Å². The van der Waals surface area contributed by atoms with Crippen LogP contribution in [0.4, 0.5) is 4.39 Å². The Morgan fingerprint density at radius 2 is 1.86 bits per heavy atom. The average molecular weight is 394 g/mol. The molecule has 0 radical (unpaired) electrons. The molecule has 0 spiro atoms. The van der Waals surface area contributed by atoms with E-state index in [1.165, 1.54) is 31.2 Å². The molecule has 1 rings (SSSR count). The van der Waals surface area contributed by atoms with E-state index in [0.29, 0.717) is 0 Å². The van der Waals surface area contributed by atoms with Crippen LogP contribution in [0.5, 0.6) is 0 Å². The number of hydrogen-bond donors (Lipinski definition) is 3. The lowest BCUT2D eigenvalue weighted by Gasteiger charge is -2.20. The van der Waals surface area contributed by atoms with Crippen molar-refractivity contribution < 1.29 is 33.4 Å². The number of hydrogen-bond acceptors (Lipinski definition) is 5. The molecule has 0 saturated carbocycles. The first kappa shape index (κ1) is 22.8. The molecule has 0 fully saturated rings. The van der Waals surface area contributed by atoms with E-state index < -0.39 is 41.7 Å². The third kappa shape index (κ3) is 7.98. The number of carboxylic acid groups (broad SMARTS) is 1.